The fourth-order valence-corrected chi connectivity index (χ4v) is 4.56. The Morgan fingerprint density at radius 2 is 2.03 bits per heavy atom. The molecule has 7 heteroatoms. The molecule has 1 aromatic carbocycles. The lowest BCUT2D eigenvalue weighted by molar-refractivity contribution is 0.0529. The zero-order chi connectivity index (χ0) is 22.1. The molecule has 3 aromatic rings. The van der Waals surface area contributed by atoms with Crippen LogP contribution < -0.4 is 4.90 Å². The summed E-state index contributed by atoms with van der Waals surface area (Å²) in [4.78, 5) is 21.7. The van der Waals surface area contributed by atoms with Crippen LogP contribution in [0.5, 0.6) is 5.75 Å². The Hall–Kier alpha value is -3.06. The third-order valence-electron chi connectivity index (χ3n) is 5.86. The highest BCUT2D eigenvalue weighted by molar-refractivity contribution is 6.13. The van der Waals surface area contributed by atoms with E-state index in [1.54, 1.807) is 12.4 Å². The van der Waals surface area contributed by atoms with Gasteiger partial charge in [0.25, 0.3) is 0 Å². The number of aryl methyl sites for hydroxylation is 1. The lowest BCUT2D eigenvalue weighted by atomic mass is 9.97. The summed E-state index contributed by atoms with van der Waals surface area (Å²) >= 11 is 0. The summed E-state index contributed by atoms with van der Waals surface area (Å²) in [5.41, 5.74) is 3.72. The zero-order valence-electron chi connectivity index (χ0n) is 18.7. The van der Waals surface area contributed by atoms with Crippen molar-refractivity contribution in [1.29, 1.82) is 0 Å². The third-order valence-corrected chi connectivity index (χ3v) is 5.86. The second-order valence-corrected chi connectivity index (χ2v) is 8.30. The van der Waals surface area contributed by atoms with Gasteiger partial charge in [-0.3, -0.25) is 4.98 Å². The van der Waals surface area contributed by atoms with E-state index in [9.17, 15) is 9.90 Å². The van der Waals surface area contributed by atoms with Gasteiger partial charge < -0.3 is 24.2 Å². The van der Waals surface area contributed by atoms with Crippen molar-refractivity contribution in [1.82, 2.24) is 14.5 Å². The number of hydrogen-bond acceptors (Lipinski definition) is 6. The summed E-state index contributed by atoms with van der Waals surface area (Å²) in [6, 6.07) is 5.75. The molecule has 31 heavy (non-hydrogen) atoms. The lowest BCUT2D eigenvalue weighted by Crippen LogP contribution is -2.23. The summed E-state index contributed by atoms with van der Waals surface area (Å²) in [5.74, 6) is 0.704. The normalized spacial score (nSPS) is 14.0. The van der Waals surface area contributed by atoms with Crippen LogP contribution in [0.2, 0.25) is 0 Å². The standard InChI is InChI=1S/C24H30N4O3/c1-5-31-24(30)21-20-18(15-26(2)3)22(29)17(16-9-8-10-25-14-16)13-19(20)27(4)23(21)28-11-6-7-12-28/h8-10,13-14,29H,5-7,11-12,15H2,1-4H3. The first kappa shape index (κ1) is 21.2. The molecule has 2 aromatic heterocycles. The van der Waals surface area contributed by atoms with Gasteiger partial charge in [-0.05, 0) is 46.0 Å². The molecule has 0 spiro atoms. The predicted octanol–water partition coefficient (Wildman–Crippen LogP) is 3.78. The number of carbonyl (C=O) groups excluding carboxylic acids is 1. The number of aromatic nitrogens is 2. The number of rotatable bonds is 6. The third kappa shape index (κ3) is 3.74. The van der Waals surface area contributed by atoms with Gasteiger partial charge in [0.15, 0.2) is 0 Å². The molecule has 0 atom stereocenters. The van der Waals surface area contributed by atoms with Gasteiger partial charge >= 0.3 is 5.97 Å². The van der Waals surface area contributed by atoms with E-state index in [0.717, 1.165) is 53.8 Å². The molecule has 0 saturated carbocycles. The summed E-state index contributed by atoms with van der Waals surface area (Å²) in [7, 11) is 5.90. The summed E-state index contributed by atoms with van der Waals surface area (Å²) in [6.07, 6.45) is 5.66. The van der Waals surface area contributed by atoms with E-state index in [-0.39, 0.29) is 11.7 Å². The first-order chi connectivity index (χ1) is 14.9. The minimum absolute atomic E-state index is 0.179. The van der Waals surface area contributed by atoms with Gasteiger partial charge in [-0.25, -0.2) is 4.79 Å². The number of phenols is 1. The van der Waals surface area contributed by atoms with E-state index in [1.165, 1.54) is 0 Å². The lowest BCUT2D eigenvalue weighted by Gasteiger charge is -2.20. The second-order valence-electron chi connectivity index (χ2n) is 8.30. The maximum atomic E-state index is 13.2. The molecule has 1 aliphatic rings. The van der Waals surface area contributed by atoms with Crippen LogP contribution in [-0.2, 0) is 18.3 Å². The van der Waals surface area contributed by atoms with Gasteiger partial charge in [0.05, 0.1) is 12.1 Å². The number of fused-ring (bicyclic) bond motifs is 1. The Labute approximate surface area is 182 Å². The van der Waals surface area contributed by atoms with E-state index in [2.05, 4.69) is 14.5 Å². The number of esters is 1. The minimum atomic E-state index is -0.344. The van der Waals surface area contributed by atoms with Crippen LogP contribution in [0.3, 0.4) is 0 Å². The van der Waals surface area contributed by atoms with Crippen LogP contribution in [0.1, 0.15) is 35.7 Å². The van der Waals surface area contributed by atoms with Crippen LogP contribution in [0, 0.1) is 0 Å². The number of aromatic hydroxyl groups is 1. The predicted molar refractivity (Wildman–Crippen MR) is 123 cm³/mol. The van der Waals surface area contributed by atoms with Gasteiger partial charge in [-0.2, -0.15) is 0 Å². The van der Waals surface area contributed by atoms with Gasteiger partial charge in [-0.1, -0.05) is 6.07 Å². The number of phenolic OH excluding ortho intramolecular Hbond substituents is 1. The van der Waals surface area contributed by atoms with Gasteiger partial charge in [-0.15, -0.1) is 0 Å². The molecule has 4 rings (SSSR count). The van der Waals surface area contributed by atoms with Crippen LogP contribution in [0.4, 0.5) is 5.82 Å². The molecule has 0 bridgehead atoms. The van der Waals surface area contributed by atoms with Gasteiger partial charge in [0, 0.05) is 61.2 Å². The van der Waals surface area contributed by atoms with Crippen LogP contribution in [0.25, 0.3) is 22.0 Å². The Morgan fingerprint density at radius 3 is 2.65 bits per heavy atom. The fraction of sp³-hybridized carbons (Fsp3) is 0.417. The fourth-order valence-electron chi connectivity index (χ4n) is 4.56. The molecule has 7 nitrogen and oxygen atoms in total. The smallest absolute Gasteiger partial charge is 0.342 e. The SMILES string of the molecule is CCOC(=O)c1c(N2CCCC2)n(C)c2cc(-c3cccnc3)c(O)c(CN(C)C)c12. The first-order valence-corrected chi connectivity index (χ1v) is 10.8. The van der Waals surface area contributed by atoms with E-state index in [1.807, 2.05) is 51.2 Å². The number of ether oxygens (including phenoxy) is 1. The Balaban J connectivity index is 2.08. The first-order valence-electron chi connectivity index (χ1n) is 10.8. The van der Waals surface area contributed by atoms with E-state index in [0.29, 0.717) is 24.3 Å². The van der Waals surface area contributed by atoms with Crippen LogP contribution in [0.15, 0.2) is 30.6 Å². The number of benzene rings is 1. The van der Waals surface area contributed by atoms with Gasteiger partial charge in [0.1, 0.15) is 17.1 Å². The van der Waals surface area contributed by atoms with Gasteiger partial charge in [0.2, 0.25) is 0 Å². The molecule has 1 aliphatic heterocycles. The molecule has 0 unspecified atom stereocenters. The van der Waals surface area contributed by atoms with E-state index < -0.39 is 0 Å². The maximum absolute atomic E-state index is 13.2. The van der Waals surface area contributed by atoms with Crippen molar-refractivity contribution in [3.63, 3.8) is 0 Å². The Morgan fingerprint density at radius 1 is 1.29 bits per heavy atom. The van der Waals surface area contributed by atoms with Crippen LogP contribution in [-0.4, -0.2) is 59.3 Å². The van der Waals surface area contributed by atoms with Crippen molar-refractivity contribution in [3.05, 3.63) is 41.7 Å². The average molecular weight is 423 g/mol. The molecule has 0 aliphatic carbocycles. The maximum Gasteiger partial charge on any atom is 0.342 e. The summed E-state index contributed by atoms with van der Waals surface area (Å²) < 4.78 is 7.55. The minimum Gasteiger partial charge on any atom is -0.507 e. The quantitative estimate of drug-likeness (QED) is 0.610. The second kappa shape index (κ2) is 8.59. The van der Waals surface area contributed by atoms with Crippen molar-refractivity contribution in [2.45, 2.75) is 26.3 Å². The number of anilines is 1. The summed E-state index contributed by atoms with van der Waals surface area (Å²) in [5, 5.41) is 12.1. The van der Waals surface area contributed by atoms with Crippen molar-refractivity contribution >= 4 is 22.7 Å². The Bertz CT molecular complexity index is 1100. The molecular formula is C24H30N4O3. The number of hydrogen-bond donors (Lipinski definition) is 1. The molecule has 0 amide bonds. The van der Waals surface area contributed by atoms with E-state index >= 15 is 0 Å². The molecular weight excluding hydrogens is 392 g/mol. The summed E-state index contributed by atoms with van der Waals surface area (Å²) in [6.45, 7) is 4.42. The van der Waals surface area contributed by atoms with Crippen molar-refractivity contribution in [2.24, 2.45) is 7.05 Å². The number of carbonyl (C=O) groups is 1. The molecule has 1 fully saturated rings. The highest BCUT2D eigenvalue weighted by Gasteiger charge is 2.31. The molecule has 0 radical (unpaired) electrons. The zero-order valence-corrected chi connectivity index (χ0v) is 18.7. The number of nitrogens with zero attached hydrogens (tertiary/aromatic N) is 4. The molecule has 1 N–H and O–H groups in total. The van der Waals surface area contributed by atoms with Crippen molar-refractivity contribution < 1.29 is 14.6 Å². The van der Waals surface area contributed by atoms with Crippen LogP contribution >= 0.6 is 0 Å². The van der Waals surface area contributed by atoms with Crippen molar-refractivity contribution in [2.75, 3.05) is 38.7 Å². The largest absolute Gasteiger partial charge is 0.507 e. The van der Waals surface area contributed by atoms with Crippen molar-refractivity contribution in [3.8, 4) is 16.9 Å². The molecule has 3 heterocycles. The van der Waals surface area contributed by atoms with E-state index in [4.69, 9.17) is 4.74 Å². The topological polar surface area (TPSA) is 70.8 Å². The average Bonchev–Trinajstić information content (AvgIpc) is 3.37. The Kier molecular flexibility index (Phi) is 5.87. The molecule has 1 saturated heterocycles. The highest BCUT2D eigenvalue weighted by Crippen LogP contribution is 2.44. The highest BCUT2D eigenvalue weighted by atomic mass is 16.5. The monoisotopic (exact) mass is 422 g/mol. The number of pyridine rings is 1. The molecule has 164 valence electrons.